The van der Waals surface area contributed by atoms with Gasteiger partial charge >= 0.3 is 0 Å². The number of carbonyl (C=O) groups is 1. The number of aliphatic hydroxyl groups is 1. The molecule has 1 unspecified atom stereocenters. The van der Waals surface area contributed by atoms with E-state index in [1.807, 2.05) is 0 Å². The molecule has 12 heavy (non-hydrogen) atoms. The lowest BCUT2D eigenvalue weighted by molar-refractivity contribution is -0.319. The second-order valence-corrected chi connectivity index (χ2v) is 3.13. The van der Waals surface area contributed by atoms with E-state index in [0.717, 1.165) is 0 Å². The van der Waals surface area contributed by atoms with E-state index in [9.17, 15) is 9.90 Å². The third kappa shape index (κ3) is 1.94. The molecule has 1 N–H and O–H groups in total. The Hall–Kier alpha value is -0.650. The van der Waals surface area contributed by atoms with Crippen molar-refractivity contribution in [2.24, 2.45) is 0 Å². The molecule has 0 amide bonds. The first-order valence-electron chi connectivity index (χ1n) is 3.63. The normalized spacial score (nSPS) is 30.1. The minimum atomic E-state index is -1.62. The Labute approximate surface area is 69.9 Å². The molecule has 0 aromatic heterocycles. The van der Waals surface area contributed by atoms with E-state index in [0.29, 0.717) is 0 Å². The smallest absolute Gasteiger partial charge is 0.163 e. The summed E-state index contributed by atoms with van der Waals surface area (Å²) in [4.78, 5) is 10.2. The SMILES string of the molecule is CC1(C)OC[C@@H](C(O)C(=O)[O-])O1. The van der Waals surface area contributed by atoms with Crippen LogP contribution in [0.1, 0.15) is 13.8 Å². The molecule has 0 bridgehead atoms. The monoisotopic (exact) mass is 175 g/mol. The van der Waals surface area contributed by atoms with Crippen molar-refractivity contribution in [3.63, 3.8) is 0 Å². The maximum Gasteiger partial charge on any atom is 0.163 e. The van der Waals surface area contributed by atoms with Gasteiger partial charge in [-0.2, -0.15) is 0 Å². The predicted molar refractivity (Wildman–Crippen MR) is 35.9 cm³/mol. The number of carbonyl (C=O) groups excluding carboxylic acids is 1. The van der Waals surface area contributed by atoms with Crippen LogP contribution in [0.15, 0.2) is 0 Å². The Bertz CT molecular complexity index is 188. The lowest BCUT2D eigenvalue weighted by Gasteiger charge is -2.20. The first-order chi connectivity index (χ1) is 5.42. The molecule has 70 valence electrons. The summed E-state index contributed by atoms with van der Waals surface area (Å²) in [5.41, 5.74) is 0. The zero-order chi connectivity index (χ0) is 9.35. The summed E-state index contributed by atoms with van der Waals surface area (Å²) in [6.45, 7) is 3.37. The van der Waals surface area contributed by atoms with Gasteiger partial charge < -0.3 is 24.5 Å². The van der Waals surface area contributed by atoms with Crippen LogP contribution in [0, 0.1) is 0 Å². The third-order valence-corrected chi connectivity index (χ3v) is 1.62. The molecule has 1 aliphatic rings. The highest BCUT2D eigenvalue weighted by Crippen LogP contribution is 2.23. The minimum absolute atomic E-state index is 0.0716. The van der Waals surface area contributed by atoms with Crippen molar-refractivity contribution < 1.29 is 24.5 Å². The summed E-state index contributed by atoms with van der Waals surface area (Å²) in [5.74, 6) is -2.36. The Morgan fingerprint density at radius 1 is 1.75 bits per heavy atom. The molecular weight excluding hydrogens is 164 g/mol. The fourth-order valence-corrected chi connectivity index (χ4v) is 1.02. The van der Waals surface area contributed by atoms with Crippen LogP contribution in [-0.2, 0) is 14.3 Å². The van der Waals surface area contributed by atoms with Gasteiger partial charge in [-0.25, -0.2) is 0 Å². The maximum absolute atomic E-state index is 10.2. The van der Waals surface area contributed by atoms with Gasteiger partial charge in [0.15, 0.2) is 5.79 Å². The topological polar surface area (TPSA) is 78.8 Å². The molecule has 1 saturated heterocycles. The summed E-state index contributed by atoms with van der Waals surface area (Å²) in [5, 5.41) is 19.2. The van der Waals surface area contributed by atoms with Crippen molar-refractivity contribution in [2.75, 3.05) is 6.61 Å². The quantitative estimate of drug-likeness (QED) is 0.538. The molecule has 5 heteroatoms. The number of hydrogen-bond donors (Lipinski definition) is 1. The van der Waals surface area contributed by atoms with E-state index in [1.165, 1.54) is 0 Å². The van der Waals surface area contributed by atoms with Crippen molar-refractivity contribution >= 4 is 5.97 Å². The fraction of sp³-hybridized carbons (Fsp3) is 0.857. The molecule has 0 saturated carbocycles. The summed E-state index contributed by atoms with van der Waals surface area (Å²) in [6, 6.07) is 0. The average molecular weight is 175 g/mol. The van der Waals surface area contributed by atoms with Gasteiger partial charge in [0, 0.05) is 0 Å². The summed E-state index contributed by atoms with van der Waals surface area (Å²) in [7, 11) is 0. The Kier molecular flexibility index (Phi) is 2.36. The third-order valence-electron chi connectivity index (χ3n) is 1.62. The Balaban J connectivity index is 2.52. The van der Waals surface area contributed by atoms with Crippen LogP contribution in [0.4, 0.5) is 0 Å². The van der Waals surface area contributed by atoms with Gasteiger partial charge in [-0.05, 0) is 13.8 Å². The predicted octanol–water partition coefficient (Wildman–Crippen LogP) is -1.75. The summed E-state index contributed by atoms with van der Waals surface area (Å²) in [6.07, 6.45) is -2.45. The van der Waals surface area contributed by atoms with Crippen LogP contribution in [-0.4, -0.2) is 35.7 Å². The average Bonchev–Trinajstić information content (AvgIpc) is 2.28. The van der Waals surface area contributed by atoms with Crippen LogP contribution < -0.4 is 5.11 Å². The molecule has 0 spiro atoms. The number of rotatable bonds is 2. The Morgan fingerprint density at radius 2 is 2.33 bits per heavy atom. The van der Waals surface area contributed by atoms with E-state index < -0.39 is 24.0 Å². The summed E-state index contributed by atoms with van der Waals surface area (Å²) < 4.78 is 10.1. The van der Waals surface area contributed by atoms with E-state index in [4.69, 9.17) is 14.6 Å². The van der Waals surface area contributed by atoms with Gasteiger partial charge in [0.25, 0.3) is 0 Å². The van der Waals surface area contributed by atoms with E-state index in [2.05, 4.69) is 0 Å². The van der Waals surface area contributed by atoms with Gasteiger partial charge in [0.1, 0.15) is 12.2 Å². The van der Waals surface area contributed by atoms with Crippen LogP contribution in [0.2, 0.25) is 0 Å². The molecule has 0 aromatic carbocycles. The van der Waals surface area contributed by atoms with Gasteiger partial charge in [-0.1, -0.05) is 0 Å². The van der Waals surface area contributed by atoms with Crippen molar-refractivity contribution in [1.82, 2.24) is 0 Å². The maximum atomic E-state index is 10.2. The van der Waals surface area contributed by atoms with Crippen molar-refractivity contribution in [3.05, 3.63) is 0 Å². The Morgan fingerprint density at radius 3 is 2.67 bits per heavy atom. The van der Waals surface area contributed by atoms with Gasteiger partial charge in [-0.3, -0.25) is 0 Å². The second-order valence-electron chi connectivity index (χ2n) is 3.13. The zero-order valence-electron chi connectivity index (χ0n) is 6.94. The van der Waals surface area contributed by atoms with Crippen LogP contribution >= 0.6 is 0 Å². The summed E-state index contributed by atoms with van der Waals surface area (Å²) >= 11 is 0. The first-order valence-corrected chi connectivity index (χ1v) is 3.63. The molecule has 5 nitrogen and oxygen atoms in total. The molecule has 1 aliphatic heterocycles. The van der Waals surface area contributed by atoms with Gasteiger partial charge in [-0.15, -0.1) is 0 Å². The zero-order valence-corrected chi connectivity index (χ0v) is 6.94. The standard InChI is InChI=1S/C7H12O5/c1-7(2)11-3-4(12-7)5(8)6(9)10/h4-5,8H,3H2,1-2H3,(H,9,10)/p-1/t4-,5?/m0/s1. The largest absolute Gasteiger partial charge is 0.547 e. The molecular formula is C7H11O5-. The van der Waals surface area contributed by atoms with Gasteiger partial charge in [0.05, 0.1) is 12.6 Å². The molecule has 2 atom stereocenters. The second kappa shape index (κ2) is 3.01. The van der Waals surface area contributed by atoms with Crippen molar-refractivity contribution in [1.29, 1.82) is 0 Å². The molecule has 1 heterocycles. The molecule has 1 fully saturated rings. The van der Waals surface area contributed by atoms with Crippen LogP contribution in [0.5, 0.6) is 0 Å². The number of aliphatic hydroxyl groups excluding tert-OH is 1. The fourth-order valence-electron chi connectivity index (χ4n) is 1.02. The van der Waals surface area contributed by atoms with E-state index >= 15 is 0 Å². The van der Waals surface area contributed by atoms with Crippen LogP contribution in [0.25, 0.3) is 0 Å². The number of aliphatic carboxylic acids is 1. The molecule has 1 rings (SSSR count). The molecule has 0 aliphatic carbocycles. The minimum Gasteiger partial charge on any atom is -0.547 e. The molecule has 0 aromatic rings. The highest BCUT2D eigenvalue weighted by molar-refractivity contribution is 5.70. The van der Waals surface area contributed by atoms with Crippen molar-refractivity contribution in [2.45, 2.75) is 31.8 Å². The lowest BCUT2D eigenvalue weighted by Crippen LogP contribution is -2.44. The number of hydrogen-bond acceptors (Lipinski definition) is 5. The van der Waals surface area contributed by atoms with E-state index in [-0.39, 0.29) is 6.61 Å². The van der Waals surface area contributed by atoms with E-state index in [1.54, 1.807) is 13.8 Å². The van der Waals surface area contributed by atoms with Gasteiger partial charge in [0.2, 0.25) is 0 Å². The number of carboxylic acids is 1. The first kappa shape index (κ1) is 9.44. The highest BCUT2D eigenvalue weighted by atomic mass is 16.7. The highest BCUT2D eigenvalue weighted by Gasteiger charge is 2.37. The molecule has 0 radical (unpaired) electrons. The lowest BCUT2D eigenvalue weighted by atomic mass is 10.2. The number of ether oxygens (including phenoxy) is 2. The number of carboxylic acid groups (broad SMARTS) is 1. The van der Waals surface area contributed by atoms with Crippen LogP contribution in [0.3, 0.4) is 0 Å². The van der Waals surface area contributed by atoms with Crippen molar-refractivity contribution in [3.8, 4) is 0 Å².